The molecule has 0 aliphatic carbocycles. The van der Waals surface area contributed by atoms with E-state index in [1.54, 1.807) is 5.41 Å². The summed E-state index contributed by atoms with van der Waals surface area (Å²) in [6.45, 7) is 5.46. The highest BCUT2D eigenvalue weighted by atomic mass is 32.2. The van der Waals surface area contributed by atoms with Gasteiger partial charge in [0.1, 0.15) is 5.25 Å². The Morgan fingerprint density at radius 1 is 1.90 bits per heavy atom. The molecule has 0 spiro atoms. The molecule has 0 saturated heterocycles. The average Bonchev–Trinajstić information content (AvgIpc) is 1.99. The van der Waals surface area contributed by atoms with Gasteiger partial charge in [-0.1, -0.05) is 13.5 Å². The molecule has 0 aliphatic heterocycles. The first-order valence-electron chi connectivity index (χ1n) is 3.10. The van der Waals surface area contributed by atoms with Crippen LogP contribution >= 0.6 is 11.8 Å². The Labute approximate surface area is 65.6 Å². The van der Waals surface area contributed by atoms with Crippen LogP contribution in [0.1, 0.15) is 13.3 Å². The molecule has 1 atom stereocenters. The minimum Gasteiger partial charge on any atom is -0.468 e. The Morgan fingerprint density at radius 2 is 2.50 bits per heavy atom. The van der Waals surface area contributed by atoms with Crippen LogP contribution in [-0.4, -0.2) is 18.3 Å². The van der Waals surface area contributed by atoms with E-state index in [1.165, 1.54) is 18.9 Å². The Morgan fingerprint density at radius 3 is 2.80 bits per heavy atom. The lowest BCUT2D eigenvalue weighted by atomic mass is 10.3. The van der Waals surface area contributed by atoms with Gasteiger partial charge in [-0.3, -0.25) is 4.79 Å². The summed E-state index contributed by atoms with van der Waals surface area (Å²) in [6, 6.07) is 0. The van der Waals surface area contributed by atoms with Crippen molar-refractivity contribution in [3.8, 4) is 0 Å². The Hall–Kier alpha value is -0.440. The van der Waals surface area contributed by atoms with Gasteiger partial charge in [-0.05, 0) is 11.8 Å². The van der Waals surface area contributed by atoms with E-state index in [0.717, 1.165) is 6.42 Å². The fourth-order valence-electron chi connectivity index (χ4n) is 0.566. The Balaban J connectivity index is 3.79. The maximum absolute atomic E-state index is 10.8. The maximum atomic E-state index is 10.8. The molecule has 10 heavy (non-hydrogen) atoms. The zero-order valence-electron chi connectivity index (χ0n) is 6.29. The summed E-state index contributed by atoms with van der Waals surface area (Å²) in [7, 11) is 1.40. The highest BCUT2D eigenvalue weighted by molar-refractivity contribution is 8.03. The van der Waals surface area contributed by atoms with Crippen molar-refractivity contribution in [1.29, 1.82) is 0 Å². The van der Waals surface area contributed by atoms with Gasteiger partial charge >= 0.3 is 5.97 Å². The van der Waals surface area contributed by atoms with E-state index in [-0.39, 0.29) is 11.2 Å². The highest BCUT2D eigenvalue weighted by Crippen LogP contribution is 2.15. The molecule has 0 saturated carbocycles. The molecular weight excluding hydrogens is 148 g/mol. The SMILES string of the molecule is C=CSC(CC)C(=O)OC. The molecule has 0 aromatic rings. The normalized spacial score (nSPS) is 12.2. The van der Waals surface area contributed by atoms with Crippen molar-refractivity contribution in [2.24, 2.45) is 0 Å². The van der Waals surface area contributed by atoms with Gasteiger partial charge in [0.25, 0.3) is 0 Å². The number of rotatable bonds is 4. The monoisotopic (exact) mass is 160 g/mol. The zero-order valence-corrected chi connectivity index (χ0v) is 7.11. The molecule has 0 N–H and O–H groups in total. The molecule has 1 unspecified atom stereocenters. The second-order valence-electron chi connectivity index (χ2n) is 1.72. The second-order valence-corrected chi connectivity index (χ2v) is 2.90. The third-order valence-corrected chi connectivity index (χ3v) is 2.14. The molecule has 0 aliphatic rings. The first-order valence-corrected chi connectivity index (χ1v) is 4.04. The van der Waals surface area contributed by atoms with E-state index in [1.807, 2.05) is 6.92 Å². The maximum Gasteiger partial charge on any atom is 0.319 e. The highest BCUT2D eigenvalue weighted by Gasteiger charge is 2.14. The number of esters is 1. The summed E-state index contributed by atoms with van der Waals surface area (Å²) >= 11 is 1.40. The van der Waals surface area contributed by atoms with Gasteiger partial charge < -0.3 is 4.74 Å². The van der Waals surface area contributed by atoms with Gasteiger partial charge in [0.05, 0.1) is 7.11 Å². The van der Waals surface area contributed by atoms with Gasteiger partial charge in [-0.25, -0.2) is 0 Å². The number of thioether (sulfide) groups is 1. The predicted molar refractivity (Wildman–Crippen MR) is 43.9 cm³/mol. The van der Waals surface area contributed by atoms with Crippen LogP contribution in [-0.2, 0) is 9.53 Å². The van der Waals surface area contributed by atoms with Crippen LogP contribution in [0.15, 0.2) is 12.0 Å². The van der Waals surface area contributed by atoms with Crippen molar-refractivity contribution >= 4 is 17.7 Å². The lowest BCUT2D eigenvalue weighted by Crippen LogP contribution is -2.16. The van der Waals surface area contributed by atoms with E-state index < -0.39 is 0 Å². The van der Waals surface area contributed by atoms with Crippen molar-refractivity contribution < 1.29 is 9.53 Å². The van der Waals surface area contributed by atoms with Gasteiger partial charge in [-0.2, -0.15) is 0 Å². The fourth-order valence-corrected chi connectivity index (χ4v) is 1.20. The summed E-state index contributed by atoms with van der Waals surface area (Å²) in [5.74, 6) is -0.174. The molecule has 0 heterocycles. The van der Waals surface area contributed by atoms with Crippen LogP contribution in [0.2, 0.25) is 0 Å². The molecule has 0 amide bonds. The third kappa shape index (κ3) is 2.92. The average molecular weight is 160 g/mol. The number of carbonyl (C=O) groups is 1. The van der Waals surface area contributed by atoms with E-state index in [0.29, 0.717) is 0 Å². The predicted octanol–water partition coefficient (Wildman–Crippen LogP) is 1.81. The van der Waals surface area contributed by atoms with Crippen LogP contribution in [0.3, 0.4) is 0 Å². The summed E-state index contributed by atoms with van der Waals surface area (Å²) in [4.78, 5) is 10.8. The molecule has 58 valence electrons. The number of hydrogen-bond acceptors (Lipinski definition) is 3. The number of carbonyl (C=O) groups excluding carboxylic acids is 1. The number of ether oxygens (including phenoxy) is 1. The summed E-state index contributed by atoms with van der Waals surface area (Å²) < 4.78 is 4.55. The largest absolute Gasteiger partial charge is 0.468 e. The van der Waals surface area contributed by atoms with Crippen LogP contribution in [0.4, 0.5) is 0 Å². The molecule has 0 fully saturated rings. The van der Waals surface area contributed by atoms with Crippen molar-refractivity contribution in [2.75, 3.05) is 7.11 Å². The molecule has 0 aromatic heterocycles. The summed E-state index contributed by atoms with van der Waals surface area (Å²) in [6.07, 6.45) is 0.781. The first-order chi connectivity index (χ1) is 4.76. The fraction of sp³-hybridized carbons (Fsp3) is 0.571. The summed E-state index contributed by atoms with van der Waals surface area (Å²) in [5, 5.41) is 1.58. The van der Waals surface area contributed by atoms with Crippen LogP contribution < -0.4 is 0 Å². The van der Waals surface area contributed by atoms with Crippen molar-refractivity contribution in [2.45, 2.75) is 18.6 Å². The smallest absolute Gasteiger partial charge is 0.319 e. The van der Waals surface area contributed by atoms with E-state index in [4.69, 9.17) is 0 Å². The Kier molecular flexibility index (Phi) is 5.12. The van der Waals surface area contributed by atoms with Gasteiger partial charge in [0.15, 0.2) is 0 Å². The molecular formula is C7H12O2S. The van der Waals surface area contributed by atoms with Crippen LogP contribution in [0.25, 0.3) is 0 Å². The van der Waals surface area contributed by atoms with E-state index in [2.05, 4.69) is 11.3 Å². The molecule has 2 nitrogen and oxygen atoms in total. The third-order valence-electron chi connectivity index (χ3n) is 1.10. The minimum absolute atomic E-state index is 0.0810. The lowest BCUT2D eigenvalue weighted by Gasteiger charge is -2.07. The second kappa shape index (κ2) is 5.35. The van der Waals surface area contributed by atoms with E-state index in [9.17, 15) is 4.79 Å². The number of hydrogen-bond donors (Lipinski definition) is 0. The molecule has 0 rings (SSSR count). The standard InChI is InChI=1S/C7H12O2S/c1-4-6(10-5-2)7(8)9-3/h5-6H,2,4H2,1,3H3. The van der Waals surface area contributed by atoms with Gasteiger partial charge in [0, 0.05) is 0 Å². The topological polar surface area (TPSA) is 26.3 Å². The van der Waals surface area contributed by atoms with Crippen molar-refractivity contribution in [3.05, 3.63) is 12.0 Å². The van der Waals surface area contributed by atoms with Crippen molar-refractivity contribution in [1.82, 2.24) is 0 Å². The summed E-state index contributed by atoms with van der Waals surface area (Å²) in [5.41, 5.74) is 0. The number of methoxy groups -OCH3 is 1. The lowest BCUT2D eigenvalue weighted by molar-refractivity contribution is -0.139. The quantitative estimate of drug-likeness (QED) is 0.587. The van der Waals surface area contributed by atoms with Crippen molar-refractivity contribution in [3.63, 3.8) is 0 Å². The minimum atomic E-state index is -0.174. The molecule has 0 bridgehead atoms. The van der Waals surface area contributed by atoms with Gasteiger partial charge in [0.2, 0.25) is 0 Å². The molecule has 0 radical (unpaired) electrons. The van der Waals surface area contributed by atoms with Gasteiger partial charge in [-0.15, -0.1) is 11.8 Å². The zero-order chi connectivity index (χ0) is 7.98. The van der Waals surface area contributed by atoms with Crippen LogP contribution in [0.5, 0.6) is 0 Å². The molecule has 3 heteroatoms. The Bertz CT molecular complexity index is 123. The van der Waals surface area contributed by atoms with E-state index >= 15 is 0 Å². The van der Waals surface area contributed by atoms with Crippen LogP contribution in [0, 0.1) is 0 Å². The first kappa shape index (κ1) is 9.56. The molecule has 0 aromatic carbocycles.